The van der Waals surface area contributed by atoms with Crippen molar-refractivity contribution < 1.29 is 14.3 Å². The molecule has 0 fully saturated rings. The first kappa shape index (κ1) is 12.7. The molecular weight excluding hydrogens is 232 g/mol. The number of rotatable bonds is 3. The van der Waals surface area contributed by atoms with Crippen LogP contribution in [0.4, 0.5) is 0 Å². The molecule has 2 rings (SSSR count). The van der Waals surface area contributed by atoms with Crippen LogP contribution >= 0.6 is 0 Å². The van der Waals surface area contributed by atoms with E-state index in [9.17, 15) is 4.79 Å². The molecular formula is C13H18N2O3. The lowest BCUT2D eigenvalue weighted by atomic mass is 10.0. The molecule has 18 heavy (non-hydrogen) atoms. The van der Waals surface area contributed by atoms with Crippen molar-refractivity contribution in [3.8, 4) is 11.5 Å². The maximum absolute atomic E-state index is 11.4. The smallest absolute Gasteiger partial charge is 0.234 e. The summed E-state index contributed by atoms with van der Waals surface area (Å²) in [5, 5.41) is 2.92. The van der Waals surface area contributed by atoms with Crippen LogP contribution < -0.4 is 20.5 Å². The number of ether oxygens (including phenoxy) is 2. The van der Waals surface area contributed by atoms with Gasteiger partial charge in [0, 0.05) is 5.56 Å². The van der Waals surface area contributed by atoms with Gasteiger partial charge in [-0.15, -0.1) is 0 Å². The van der Waals surface area contributed by atoms with Crippen molar-refractivity contribution in [2.75, 3.05) is 20.3 Å². The van der Waals surface area contributed by atoms with Gasteiger partial charge in [-0.25, -0.2) is 0 Å². The third kappa shape index (κ3) is 2.73. The minimum absolute atomic E-state index is 0.00331. The summed E-state index contributed by atoms with van der Waals surface area (Å²) in [6.07, 6.45) is 1.73. The van der Waals surface area contributed by atoms with Crippen molar-refractivity contribution in [3.63, 3.8) is 0 Å². The Morgan fingerprint density at radius 2 is 2.44 bits per heavy atom. The molecule has 3 N–H and O–H groups in total. The van der Waals surface area contributed by atoms with Crippen LogP contribution in [-0.2, 0) is 4.79 Å². The Labute approximate surface area is 106 Å². The van der Waals surface area contributed by atoms with Gasteiger partial charge in [0.05, 0.1) is 26.3 Å². The highest BCUT2D eigenvalue weighted by molar-refractivity contribution is 5.78. The maximum atomic E-state index is 11.4. The van der Waals surface area contributed by atoms with Gasteiger partial charge in [-0.2, -0.15) is 0 Å². The minimum atomic E-state index is -0.157. The van der Waals surface area contributed by atoms with Gasteiger partial charge in [0.15, 0.2) is 0 Å². The number of nitrogens with one attached hydrogen (secondary N) is 1. The molecule has 1 atom stereocenters. The molecule has 5 nitrogen and oxygen atoms in total. The Bertz CT molecular complexity index is 434. The van der Waals surface area contributed by atoms with E-state index in [1.54, 1.807) is 7.11 Å². The largest absolute Gasteiger partial charge is 0.497 e. The highest BCUT2D eigenvalue weighted by Crippen LogP contribution is 2.34. The molecule has 98 valence electrons. The summed E-state index contributed by atoms with van der Waals surface area (Å²) in [6, 6.07) is 5.57. The Morgan fingerprint density at radius 1 is 1.61 bits per heavy atom. The summed E-state index contributed by atoms with van der Waals surface area (Å²) in [6.45, 7) is 0.658. The van der Waals surface area contributed by atoms with Crippen molar-refractivity contribution in [2.45, 2.75) is 18.9 Å². The van der Waals surface area contributed by atoms with E-state index in [1.165, 1.54) is 0 Å². The van der Waals surface area contributed by atoms with E-state index >= 15 is 0 Å². The lowest BCUT2D eigenvalue weighted by molar-refractivity contribution is -0.120. The third-order valence-electron chi connectivity index (χ3n) is 3.01. The second-order valence-corrected chi connectivity index (χ2v) is 4.22. The first-order chi connectivity index (χ1) is 8.74. The summed E-state index contributed by atoms with van der Waals surface area (Å²) < 4.78 is 10.9. The van der Waals surface area contributed by atoms with Crippen LogP contribution in [-0.4, -0.2) is 26.2 Å². The Hall–Kier alpha value is -1.75. The molecule has 1 heterocycles. The van der Waals surface area contributed by atoms with Crippen molar-refractivity contribution in [3.05, 3.63) is 23.8 Å². The van der Waals surface area contributed by atoms with Gasteiger partial charge in [0.1, 0.15) is 11.5 Å². The monoisotopic (exact) mass is 250 g/mol. The predicted octanol–water partition coefficient (Wildman–Crippen LogP) is 0.984. The number of amides is 1. The summed E-state index contributed by atoms with van der Waals surface area (Å²) in [5.74, 6) is 1.40. The quantitative estimate of drug-likeness (QED) is 0.838. The Kier molecular flexibility index (Phi) is 4.04. The number of methoxy groups -OCH3 is 1. The van der Waals surface area contributed by atoms with E-state index in [2.05, 4.69) is 5.32 Å². The average molecular weight is 250 g/mol. The van der Waals surface area contributed by atoms with E-state index < -0.39 is 0 Å². The minimum Gasteiger partial charge on any atom is -0.497 e. The van der Waals surface area contributed by atoms with Gasteiger partial charge in [-0.05, 0) is 31.0 Å². The normalized spacial score (nSPS) is 18.2. The van der Waals surface area contributed by atoms with Crippen molar-refractivity contribution in [2.24, 2.45) is 5.73 Å². The molecule has 1 aromatic carbocycles. The van der Waals surface area contributed by atoms with Crippen LogP contribution in [0.5, 0.6) is 11.5 Å². The predicted molar refractivity (Wildman–Crippen MR) is 67.7 cm³/mol. The van der Waals surface area contributed by atoms with Gasteiger partial charge in [-0.3, -0.25) is 4.79 Å². The molecule has 0 radical (unpaired) electrons. The number of nitrogens with two attached hydrogens (primary N) is 1. The number of fused-ring (bicyclic) bond motifs is 1. The summed E-state index contributed by atoms with van der Waals surface area (Å²) in [5.41, 5.74) is 6.29. The number of carbonyl (C=O) groups is 1. The standard InChI is InChI=1S/C13H18N2O3/c1-17-9-4-5-12-10(7-9)11(3-2-6-18-12)15-13(16)8-14/h4-5,7,11H,2-3,6,8,14H2,1H3,(H,15,16). The van der Waals surface area contributed by atoms with Crippen molar-refractivity contribution >= 4 is 5.91 Å². The second kappa shape index (κ2) is 5.73. The fourth-order valence-corrected chi connectivity index (χ4v) is 2.09. The molecule has 5 heteroatoms. The number of hydrogen-bond donors (Lipinski definition) is 2. The number of hydrogen-bond acceptors (Lipinski definition) is 4. The second-order valence-electron chi connectivity index (χ2n) is 4.22. The SMILES string of the molecule is COc1ccc2c(c1)C(NC(=O)CN)CCCO2. The molecule has 1 aliphatic heterocycles. The van der Waals surface area contributed by atoms with Crippen LogP contribution in [0.15, 0.2) is 18.2 Å². The summed E-state index contributed by atoms with van der Waals surface area (Å²) in [4.78, 5) is 11.4. The van der Waals surface area contributed by atoms with Gasteiger partial charge in [0.25, 0.3) is 0 Å². The van der Waals surface area contributed by atoms with Crippen LogP contribution in [0.1, 0.15) is 24.4 Å². The first-order valence-corrected chi connectivity index (χ1v) is 6.04. The first-order valence-electron chi connectivity index (χ1n) is 6.04. The van der Waals surface area contributed by atoms with E-state index in [4.69, 9.17) is 15.2 Å². The lowest BCUT2D eigenvalue weighted by Gasteiger charge is -2.18. The lowest BCUT2D eigenvalue weighted by Crippen LogP contribution is -2.33. The zero-order chi connectivity index (χ0) is 13.0. The summed E-state index contributed by atoms with van der Waals surface area (Å²) >= 11 is 0. The molecule has 1 aliphatic rings. The molecule has 1 aromatic rings. The topological polar surface area (TPSA) is 73.6 Å². The summed E-state index contributed by atoms with van der Waals surface area (Å²) in [7, 11) is 1.62. The van der Waals surface area contributed by atoms with Crippen molar-refractivity contribution in [1.82, 2.24) is 5.32 Å². The third-order valence-corrected chi connectivity index (χ3v) is 3.01. The molecule has 0 saturated heterocycles. The highest BCUT2D eigenvalue weighted by atomic mass is 16.5. The molecule has 1 unspecified atom stereocenters. The zero-order valence-electron chi connectivity index (χ0n) is 10.4. The van der Waals surface area contributed by atoms with Crippen LogP contribution in [0.2, 0.25) is 0 Å². The molecule has 0 bridgehead atoms. The zero-order valence-corrected chi connectivity index (χ0v) is 10.4. The number of carbonyl (C=O) groups excluding carboxylic acids is 1. The van der Waals surface area contributed by atoms with E-state index in [1.807, 2.05) is 18.2 Å². The fourth-order valence-electron chi connectivity index (χ4n) is 2.09. The molecule has 0 spiro atoms. The van der Waals surface area contributed by atoms with Crippen LogP contribution in [0.25, 0.3) is 0 Å². The van der Waals surface area contributed by atoms with E-state index in [0.29, 0.717) is 6.61 Å². The van der Waals surface area contributed by atoms with E-state index in [0.717, 1.165) is 29.9 Å². The average Bonchev–Trinajstić information content (AvgIpc) is 2.60. The van der Waals surface area contributed by atoms with Crippen LogP contribution in [0.3, 0.4) is 0 Å². The van der Waals surface area contributed by atoms with Gasteiger partial charge in [-0.1, -0.05) is 0 Å². The van der Waals surface area contributed by atoms with Crippen molar-refractivity contribution in [1.29, 1.82) is 0 Å². The Balaban J connectivity index is 2.29. The molecule has 0 aromatic heterocycles. The highest BCUT2D eigenvalue weighted by Gasteiger charge is 2.21. The maximum Gasteiger partial charge on any atom is 0.234 e. The van der Waals surface area contributed by atoms with Gasteiger partial charge in [0.2, 0.25) is 5.91 Å². The molecule has 0 aliphatic carbocycles. The molecule has 0 saturated carbocycles. The van der Waals surface area contributed by atoms with E-state index in [-0.39, 0.29) is 18.5 Å². The number of benzene rings is 1. The fraction of sp³-hybridized carbons (Fsp3) is 0.462. The van der Waals surface area contributed by atoms with Crippen LogP contribution in [0, 0.1) is 0 Å². The van der Waals surface area contributed by atoms with Gasteiger partial charge >= 0.3 is 0 Å². The Morgan fingerprint density at radius 3 is 3.17 bits per heavy atom. The van der Waals surface area contributed by atoms with Gasteiger partial charge < -0.3 is 20.5 Å². The molecule has 1 amide bonds.